The Hall–Kier alpha value is -0.340. The lowest BCUT2D eigenvalue weighted by Crippen LogP contribution is -2.37. The predicted octanol–water partition coefficient (Wildman–Crippen LogP) is -0.883. The summed E-state index contributed by atoms with van der Waals surface area (Å²) in [6.07, 6.45) is 1.28. The smallest absolute Gasteiger partial charge is 0.317 e. The van der Waals surface area contributed by atoms with Crippen LogP contribution >= 0.6 is 12.9 Å². The summed E-state index contributed by atoms with van der Waals surface area (Å²) >= 11 is 3.30. The fourth-order valence-corrected chi connectivity index (χ4v) is 0.641. The molecule has 0 amide bonds. The number of aliphatic hydroxyl groups is 4. The van der Waals surface area contributed by atoms with Gasteiger partial charge in [0.2, 0.25) is 0 Å². The monoisotopic (exact) mass is 256 g/mol. The van der Waals surface area contributed by atoms with Gasteiger partial charge in [-0.25, -0.2) is 0 Å². The molecule has 6 nitrogen and oxygen atoms in total. The van der Waals surface area contributed by atoms with Crippen LogP contribution in [0.5, 0.6) is 0 Å². The minimum atomic E-state index is -1.11. The first-order chi connectivity index (χ1) is 7.55. The molecule has 0 aliphatic carbocycles. The lowest BCUT2D eigenvalue weighted by Gasteiger charge is -2.23. The third-order valence-electron chi connectivity index (χ3n) is 1.90. The molecule has 0 spiro atoms. The summed E-state index contributed by atoms with van der Waals surface area (Å²) < 4.78 is 4.05. The van der Waals surface area contributed by atoms with Crippen molar-refractivity contribution in [2.45, 2.75) is 19.8 Å². The van der Waals surface area contributed by atoms with Gasteiger partial charge in [0.1, 0.15) is 0 Å². The quantitative estimate of drug-likeness (QED) is 0.312. The van der Waals surface area contributed by atoms with E-state index in [2.05, 4.69) is 17.1 Å². The molecule has 0 unspecified atom stereocenters. The van der Waals surface area contributed by atoms with E-state index in [-0.39, 0.29) is 5.97 Å². The van der Waals surface area contributed by atoms with E-state index in [0.29, 0.717) is 6.42 Å². The molecule has 0 aliphatic heterocycles. The van der Waals surface area contributed by atoms with Gasteiger partial charge in [0.05, 0.1) is 31.8 Å². The molecule has 0 radical (unpaired) electrons. The van der Waals surface area contributed by atoms with Crippen LogP contribution in [0.3, 0.4) is 0 Å². The van der Waals surface area contributed by atoms with Crippen molar-refractivity contribution in [3.05, 3.63) is 0 Å². The van der Waals surface area contributed by atoms with Crippen LogP contribution in [0.15, 0.2) is 0 Å². The van der Waals surface area contributed by atoms with Crippen LogP contribution < -0.4 is 0 Å². The Morgan fingerprint density at radius 2 is 1.50 bits per heavy atom. The second-order valence-corrected chi connectivity index (χ2v) is 3.53. The maximum atomic E-state index is 10.1. The number of hydrogen-bond acceptors (Lipinski definition) is 7. The van der Waals surface area contributed by atoms with Crippen LogP contribution in [0.1, 0.15) is 19.8 Å². The summed E-state index contributed by atoms with van der Waals surface area (Å²) in [6, 6.07) is 0. The number of hydrogen-bond donors (Lipinski definition) is 5. The summed E-state index contributed by atoms with van der Waals surface area (Å²) in [7, 11) is 0. The molecule has 0 aromatic carbocycles. The van der Waals surface area contributed by atoms with Crippen molar-refractivity contribution < 1.29 is 29.4 Å². The van der Waals surface area contributed by atoms with Gasteiger partial charge < -0.3 is 24.6 Å². The SMILES string of the molecule is CCCC(=O)OS.OCC(CO)(CO)CO. The maximum absolute atomic E-state index is 10.1. The minimum absolute atomic E-state index is 0.258. The van der Waals surface area contributed by atoms with E-state index in [9.17, 15) is 4.79 Å². The minimum Gasteiger partial charge on any atom is -0.396 e. The van der Waals surface area contributed by atoms with Crippen molar-refractivity contribution in [2.24, 2.45) is 5.41 Å². The van der Waals surface area contributed by atoms with Crippen LogP contribution in [-0.2, 0) is 8.98 Å². The molecular weight excluding hydrogens is 236 g/mol. The average molecular weight is 256 g/mol. The highest BCUT2D eigenvalue weighted by atomic mass is 32.1. The summed E-state index contributed by atoms with van der Waals surface area (Å²) in [5.74, 6) is -0.258. The molecule has 0 aromatic rings. The first kappa shape index (κ1) is 18.0. The molecule has 0 heterocycles. The van der Waals surface area contributed by atoms with Crippen molar-refractivity contribution in [3.8, 4) is 0 Å². The molecule has 16 heavy (non-hydrogen) atoms. The molecule has 0 bridgehead atoms. The number of carbonyl (C=O) groups is 1. The summed E-state index contributed by atoms with van der Waals surface area (Å²) in [6.45, 7) is 0.282. The molecule has 0 saturated carbocycles. The Bertz CT molecular complexity index is 154. The van der Waals surface area contributed by atoms with Gasteiger partial charge in [-0.05, 0) is 6.42 Å². The summed E-state index contributed by atoms with van der Waals surface area (Å²) in [4.78, 5) is 10.1. The zero-order valence-corrected chi connectivity index (χ0v) is 10.2. The second-order valence-electron chi connectivity index (χ2n) is 3.35. The van der Waals surface area contributed by atoms with E-state index in [1.807, 2.05) is 6.92 Å². The van der Waals surface area contributed by atoms with E-state index in [4.69, 9.17) is 20.4 Å². The highest BCUT2D eigenvalue weighted by Crippen LogP contribution is 2.11. The lowest BCUT2D eigenvalue weighted by molar-refractivity contribution is -0.132. The Morgan fingerprint density at radius 1 is 1.12 bits per heavy atom. The Kier molecular flexibility index (Phi) is 12.6. The molecular formula is C9H20O6S. The molecule has 0 rings (SSSR count). The summed E-state index contributed by atoms with van der Waals surface area (Å²) in [5, 5.41) is 34.0. The van der Waals surface area contributed by atoms with E-state index < -0.39 is 31.8 Å². The molecule has 0 saturated heterocycles. The molecule has 0 aromatic heterocycles. The lowest BCUT2D eigenvalue weighted by atomic mass is 9.93. The molecule has 98 valence electrons. The van der Waals surface area contributed by atoms with Crippen molar-refractivity contribution in [1.82, 2.24) is 0 Å². The highest BCUT2D eigenvalue weighted by Gasteiger charge is 2.26. The van der Waals surface area contributed by atoms with Crippen molar-refractivity contribution in [2.75, 3.05) is 26.4 Å². The van der Waals surface area contributed by atoms with Crippen molar-refractivity contribution in [3.63, 3.8) is 0 Å². The number of rotatable bonds is 6. The van der Waals surface area contributed by atoms with E-state index in [1.165, 1.54) is 0 Å². The van der Waals surface area contributed by atoms with Crippen LogP contribution in [0, 0.1) is 5.41 Å². The third-order valence-corrected chi connectivity index (χ3v) is 2.10. The van der Waals surface area contributed by atoms with Gasteiger partial charge in [-0.1, -0.05) is 6.92 Å². The second kappa shape index (κ2) is 11.2. The predicted molar refractivity (Wildman–Crippen MR) is 60.8 cm³/mol. The van der Waals surface area contributed by atoms with Crippen LogP contribution in [0.4, 0.5) is 0 Å². The first-order valence-electron chi connectivity index (χ1n) is 4.83. The largest absolute Gasteiger partial charge is 0.396 e. The fourth-order valence-electron chi connectivity index (χ4n) is 0.550. The number of aliphatic hydroxyl groups excluding tert-OH is 4. The Balaban J connectivity index is 0. The van der Waals surface area contributed by atoms with Gasteiger partial charge in [0.25, 0.3) is 0 Å². The van der Waals surface area contributed by atoms with Crippen LogP contribution in [-0.4, -0.2) is 52.8 Å². The number of carbonyl (C=O) groups excluding carboxylic acids is 1. The zero-order valence-electron chi connectivity index (χ0n) is 9.30. The number of thiol groups is 1. The van der Waals surface area contributed by atoms with E-state index in [0.717, 1.165) is 6.42 Å². The zero-order chi connectivity index (χ0) is 13.0. The molecule has 0 atom stereocenters. The highest BCUT2D eigenvalue weighted by molar-refractivity contribution is 7.75. The molecule has 0 aliphatic rings. The average Bonchev–Trinajstić information content (AvgIpc) is 2.34. The van der Waals surface area contributed by atoms with Gasteiger partial charge in [0.15, 0.2) is 0 Å². The standard InChI is InChI=1S/C5H12O4.C4H8O2S/c6-1-5(2-7,3-8)4-9;1-2-3-4(5)6-7/h6-9H,1-4H2;7H,2-3H2,1H3. The Labute approximate surface area is 100 Å². The van der Waals surface area contributed by atoms with Crippen molar-refractivity contribution in [1.29, 1.82) is 0 Å². The van der Waals surface area contributed by atoms with Crippen molar-refractivity contribution >= 4 is 18.9 Å². The van der Waals surface area contributed by atoms with E-state index >= 15 is 0 Å². The van der Waals surface area contributed by atoms with Gasteiger partial charge in [-0.15, -0.1) is 0 Å². The maximum Gasteiger partial charge on any atom is 0.317 e. The topological polar surface area (TPSA) is 107 Å². The van der Waals surface area contributed by atoms with E-state index in [1.54, 1.807) is 0 Å². The third kappa shape index (κ3) is 7.89. The van der Waals surface area contributed by atoms with Gasteiger partial charge in [0, 0.05) is 19.3 Å². The molecule has 7 heteroatoms. The normalized spacial score (nSPS) is 10.4. The van der Waals surface area contributed by atoms with Crippen LogP contribution in [0.2, 0.25) is 0 Å². The van der Waals surface area contributed by atoms with Gasteiger partial charge in [-0.3, -0.25) is 4.79 Å². The fraction of sp³-hybridized carbons (Fsp3) is 0.889. The van der Waals surface area contributed by atoms with Gasteiger partial charge >= 0.3 is 5.97 Å². The first-order valence-corrected chi connectivity index (χ1v) is 5.20. The molecule has 0 fully saturated rings. The van der Waals surface area contributed by atoms with Crippen LogP contribution in [0.25, 0.3) is 0 Å². The Morgan fingerprint density at radius 3 is 1.56 bits per heavy atom. The van der Waals surface area contributed by atoms with Gasteiger partial charge in [-0.2, -0.15) is 0 Å². The molecule has 4 N–H and O–H groups in total. The summed E-state index contributed by atoms with van der Waals surface area (Å²) in [5.41, 5.74) is -1.11.